The lowest BCUT2D eigenvalue weighted by molar-refractivity contribution is 0.0417. The number of aromatic nitrogens is 1. The highest BCUT2D eigenvalue weighted by atomic mass is 16.5. The molecule has 1 aliphatic heterocycles. The zero-order valence-corrected chi connectivity index (χ0v) is 12.5. The molecule has 0 N–H and O–H groups in total. The number of methoxy groups -OCH3 is 1. The van der Waals surface area contributed by atoms with E-state index in [1.807, 2.05) is 28.0 Å². The van der Waals surface area contributed by atoms with Crippen molar-refractivity contribution in [2.45, 2.75) is 13.0 Å². The van der Waals surface area contributed by atoms with E-state index in [1.165, 1.54) is 0 Å². The van der Waals surface area contributed by atoms with Gasteiger partial charge in [0.05, 0.1) is 25.5 Å². The van der Waals surface area contributed by atoms with Gasteiger partial charge in [0, 0.05) is 39.5 Å². The first kappa shape index (κ1) is 15.7. The van der Waals surface area contributed by atoms with E-state index in [1.54, 1.807) is 13.3 Å². The first-order chi connectivity index (χ1) is 10.3. The third-order valence-electron chi connectivity index (χ3n) is 3.41. The Hall–Kier alpha value is -1.66. The van der Waals surface area contributed by atoms with Crippen molar-refractivity contribution in [1.29, 1.82) is 0 Å². The van der Waals surface area contributed by atoms with Crippen LogP contribution in [0.3, 0.4) is 0 Å². The Kier molecular flexibility index (Phi) is 6.43. The van der Waals surface area contributed by atoms with Crippen molar-refractivity contribution in [3.8, 4) is 0 Å². The minimum absolute atomic E-state index is 0.0556. The van der Waals surface area contributed by atoms with E-state index in [9.17, 15) is 4.79 Å². The summed E-state index contributed by atoms with van der Waals surface area (Å²) in [6, 6.07) is 5.81. The summed E-state index contributed by atoms with van der Waals surface area (Å²) >= 11 is 0. The van der Waals surface area contributed by atoms with Gasteiger partial charge in [-0.25, -0.2) is 4.79 Å². The van der Waals surface area contributed by atoms with Crippen molar-refractivity contribution in [2.75, 3.05) is 46.6 Å². The molecule has 0 aromatic carbocycles. The fraction of sp³-hybridized carbons (Fsp3) is 0.600. The average molecular weight is 293 g/mol. The molecular weight excluding hydrogens is 270 g/mol. The van der Waals surface area contributed by atoms with E-state index in [0.717, 1.165) is 12.1 Å². The summed E-state index contributed by atoms with van der Waals surface area (Å²) in [7, 11) is 1.67. The molecule has 0 saturated carbocycles. The van der Waals surface area contributed by atoms with E-state index in [4.69, 9.17) is 9.47 Å². The van der Waals surface area contributed by atoms with Gasteiger partial charge in [-0.15, -0.1) is 0 Å². The maximum absolute atomic E-state index is 12.6. The van der Waals surface area contributed by atoms with Crippen LogP contribution < -0.4 is 0 Å². The molecule has 1 fully saturated rings. The summed E-state index contributed by atoms with van der Waals surface area (Å²) in [5, 5.41) is 0. The Balaban J connectivity index is 1.98. The second-order valence-corrected chi connectivity index (χ2v) is 4.97. The van der Waals surface area contributed by atoms with Crippen molar-refractivity contribution in [2.24, 2.45) is 0 Å². The number of hydrogen-bond donors (Lipinski definition) is 0. The van der Waals surface area contributed by atoms with E-state index in [0.29, 0.717) is 46.0 Å². The monoisotopic (exact) mass is 293 g/mol. The summed E-state index contributed by atoms with van der Waals surface area (Å²) < 4.78 is 10.4. The van der Waals surface area contributed by atoms with Crippen LogP contribution in [0.5, 0.6) is 0 Å². The second kappa shape index (κ2) is 8.59. The van der Waals surface area contributed by atoms with Gasteiger partial charge in [-0.3, -0.25) is 4.98 Å². The number of carbonyl (C=O) groups is 1. The molecule has 6 nitrogen and oxygen atoms in total. The van der Waals surface area contributed by atoms with Crippen LogP contribution in [-0.4, -0.2) is 67.4 Å². The molecule has 0 radical (unpaired) electrons. The molecular formula is C15H23N3O3. The van der Waals surface area contributed by atoms with Crippen molar-refractivity contribution in [3.05, 3.63) is 30.1 Å². The second-order valence-electron chi connectivity index (χ2n) is 4.97. The predicted octanol–water partition coefficient (Wildman–Crippen LogP) is 1.37. The number of pyridine rings is 1. The largest absolute Gasteiger partial charge is 0.385 e. The first-order valence-electron chi connectivity index (χ1n) is 7.31. The molecule has 0 unspecified atom stereocenters. The molecule has 1 saturated heterocycles. The third-order valence-corrected chi connectivity index (χ3v) is 3.41. The van der Waals surface area contributed by atoms with Crippen molar-refractivity contribution in [1.82, 2.24) is 14.8 Å². The van der Waals surface area contributed by atoms with Crippen LogP contribution in [0.4, 0.5) is 4.79 Å². The van der Waals surface area contributed by atoms with Gasteiger partial charge in [-0.1, -0.05) is 6.07 Å². The maximum Gasteiger partial charge on any atom is 0.320 e. The number of hydrogen-bond acceptors (Lipinski definition) is 4. The van der Waals surface area contributed by atoms with Crippen LogP contribution in [0.15, 0.2) is 24.4 Å². The molecule has 6 heteroatoms. The number of rotatable bonds is 6. The quantitative estimate of drug-likeness (QED) is 0.743. The Morgan fingerprint density at radius 2 is 2.24 bits per heavy atom. The molecule has 21 heavy (non-hydrogen) atoms. The highest BCUT2D eigenvalue weighted by Gasteiger charge is 2.22. The number of urea groups is 1. The molecule has 1 aromatic rings. The van der Waals surface area contributed by atoms with Gasteiger partial charge in [-0.2, -0.15) is 0 Å². The smallest absolute Gasteiger partial charge is 0.320 e. The number of amides is 2. The normalized spacial score (nSPS) is 15.0. The van der Waals surface area contributed by atoms with Gasteiger partial charge in [-0.05, 0) is 18.6 Å². The van der Waals surface area contributed by atoms with Crippen molar-refractivity contribution >= 4 is 6.03 Å². The van der Waals surface area contributed by atoms with Crippen LogP contribution in [0.1, 0.15) is 12.1 Å². The fourth-order valence-corrected chi connectivity index (χ4v) is 2.28. The van der Waals surface area contributed by atoms with Gasteiger partial charge in [0.2, 0.25) is 0 Å². The molecule has 2 amide bonds. The summed E-state index contributed by atoms with van der Waals surface area (Å²) in [5.41, 5.74) is 0.900. The minimum Gasteiger partial charge on any atom is -0.385 e. The fourth-order valence-electron chi connectivity index (χ4n) is 2.28. The molecule has 0 bridgehead atoms. The lowest BCUT2D eigenvalue weighted by Crippen LogP contribution is -2.48. The van der Waals surface area contributed by atoms with Crippen LogP contribution in [-0.2, 0) is 16.0 Å². The first-order valence-corrected chi connectivity index (χ1v) is 7.31. The SMILES string of the molecule is COCCCN(Cc1ccccn1)C(=O)N1CCOCC1. The zero-order chi connectivity index (χ0) is 14.9. The minimum atomic E-state index is 0.0556. The van der Waals surface area contributed by atoms with E-state index in [-0.39, 0.29) is 6.03 Å². The third kappa shape index (κ3) is 4.99. The molecule has 0 aliphatic carbocycles. The summed E-state index contributed by atoms with van der Waals surface area (Å²) in [6.45, 7) is 4.38. The van der Waals surface area contributed by atoms with Crippen molar-refractivity contribution in [3.63, 3.8) is 0 Å². The lowest BCUT2D eigenvalue weighted by atomic mass is 10.3. The molecule has 0 atom stereocenters. The molecule has 1 aromatic heterocycles. The van der Waals surface area contributed by atoms with Crippen LogP contribution in [0.25, 0.3) is 0 Å². The van der Waals surface area contributed by atoms with Crippen LogP contribution in [0, 0.1) is 0 Å². The summed E-state index contributed by atoms with van der Waals surface area (Å²) in [4.78, 5) is 20.6. The lowest BCUT2D eigenvalue weighted by Gasteiger charge is -2.32. The van der Waals surface area contributed by atoms with Crippen LogP contribution in [0.2, 0.25) is 0 Å². The highest BCUT2D eigenvalue weighted by Crippen LogP contribution is 2.08. The van der Waals surface area contributed by atoms with E-state index < -0.39 is 0 Å². The van der Waals surface area contributed by atoms with E-state index >= 15 is 0 Å². The Bertz CT molecular complexity index is 421. The molecule has 0 spiro atoms. The topological polar surface area (TPSA) is 54.9 Å². The Labute approximate surface area is 125 Å². The number of nitrogens with zero attached hydrogens (tertiary/aromatic N) is 3. The van der Waals surface area contributed by atoms with Gasteiger partial charge in [0.1, 0.15) is 0 Å². The van der Waals surface area contributed by atoms with Gasteiger partial charge in [0.15, 0.2) is 0 Å². The summed E-state index contributed by atoms with van der Waals surface area (Å²) in [6.07, 6.45) is 2.57. The zero-order valence-electron chi connectivity index (χ0n) is 12.5. The summed E-state index contributed by atoms with van der Waals surface area (Å²) in [5.74, 6) is 0. The maximum atomic E-state index is 12.6. The Morgan fingerprint density at radius 1 is 1.43 bits per heavy atom. The van der Waals surface area contributed by atoms with Crippen molar-refractivity contribution < 1.29 is 14.3 Å². The molecule has 116 valence electrons. The number of morpholine rings is 1. The highest BCUT2D eigenvalue weighted by molar-refractivity contribution is 5.74. The van der Waals surface area contributed by atoms with Crippen LogP contribution >= 0.6 is 0 Å². The van der Waals surface area contributed by atoms with Gasteiger partial charge < -0.3 is 19.3 Å². The molecule has 2 heterocycles. The average Bonchev–Trinajstić information content (AvgIpc) is 2.55. The number of carbonyl (C=O) groups excluding carboxylic acids is 1. The number of ether oxygens (including phenoxy) is 2. The van der Waals surface area contributed by atoms with E-state index in [2.05, 4.69) is 4.98 Å². The Morgan fingerprint density at radius 3 is 2.90 bits per heavy atom. The molecule has 1 aliphatic rings. The van der Waals surface area contributed by atoms with Gasteiger partial charge >= 0.3 is 6.03 Å². The standard InChI is InChI=1S/C15H23N3O3/c1-20-10-4-7-18(13-14-5-2-3-6-16-14)15(19)17-8-11-21-12-9-17/h2-3,5-6H,4,7-13H2,1H3. The molecule has 2 rings (SSSR count). The van der Waals surface area contributed by atoms with Gasteiger partial charge in [0.25, 0.3) is 0 Å². The predicted molar refractivity (Wildman–Crippen MR) is 78.9 cm³/mol.